The van der Waals surface area contributed by atoms with Crippen LogP contribution in [0.1, 0.15) is 64.8 Å². The zero-order valence-electron chi connectivity index (χ0n) is 46.7. The summed E-state index contributed by atoms with van der Waals surface area (Å²) in [5, 5.41) is 2.44. The summed E-state index contributed by atoms with van der Waals surface area (Å²) in [6.07, 6.45) is 20.9. The van der Waals surface area contributed by atoms with Crippen LogP contribution in [-0.2, 0) is 5.41 Å². The number of anilines is 3. The molecule has 2 atom stereocenters. The third-order valence-corrected chi connectivity index (χ3v) is 17.1. The maximum absolute atomic E-state index is 5.68. The summed E-state index contributed by atoms with van der Waals surface area (Å²) < 4.78 is 2.44. The molecule has 0 bridgehead atoms. The molecule has 0 aliphatic heterocycles. The molecule has 0 fully saturated rings. The van der Waals surface area contributed by atoms with Crippen molar-refractivity contribution in [3.05, 3.63) is 330 Å². The Balaban J connectivity index is 0.957. The standard InChI is InChI=1S/C80H62N2/c1-7-11-18-58(10-4)59-33-41-68(42-34-59)81(71-45-46-73-72-23-15-16-24-76(72)80(77(73)53-71,66-20-13-12-14-21-66)67-39-27-56(8-2)28-40-67)69-43-35-61(36-44-69)64-37-47-78-74(51-64)75-52-65(63-32-31-57(9-3)55(6)49-63)38-48-79(75)82(78)70-22-17-19-62(50-70)60-29-25-54(5)26-30-60/h1,8-48,50-53,55H,2-3,49H2,4-6H3/b18-11-,58-10+/t55?,80-/m1/s1. The fraction of sp³-hybridized carbons (Fsp3) is 0.0750. The van der Waals surface area contributed by atoms with E-state index in [1.165, 1.54) is 88.6 Å². The molecular weight excluding hydrogens is 989 g/mol. The molecule has 0 spiro atoms. The van der Waals surface area contributed by atoms with Crippen molar-refractivity contribution in [1.82, 2.24) is 4.57 Å². The highest BCUT2D eigenvalue weighted by Crippen LogP contribution is 2.57. The second-order valence-electron chi connectivity index (χ2n) is 21.8. The highest BCUT2D eigenvalue weighted by molar-refractivity contribution is 6.11. The Kier molecular flexibility index (Phi) is 13.4. The molecule has 11 aromatic rings. The van der Waals surface area contributed by atoms with Gasteiger partial charge in [-0.25, -0.2) is 0 Å². The monoisotopic (exact) mass is 1050 g/mol. The third kappa shape index (κ3) is 8.89. The van der Waals surface area contributed by atoms with Crippen molar-refractivity contribution in [2.24, 2.45) is 5.92 Å². The summed E-state index contributed by atoms with van der Waals surface area (Å²) in [6, 6.07) is 85.8. The second-order valence-corrected chi connectivity index (χ2v) is 21.8. The van der Waals surface area contributed by atoms with Crippen LogP contribution >= 0.6 is 0 Å². The van der Waals surface area contributed by atoms with Crippen molar-refractivity contribution >= 4 is 56.1 Å². The minimum atomic E-state index is -0.587. The van der Waals surface area contributed by atoms with Gasteiger partial charge >= 0.3 is 0 Å². The van der Waals surface area contributed by atoms with E-state index in [1.54, 1.807) is 6.08 Å². The molecule has 2 heteroatoms. The van der Waals surface area contributed by atoms with E-state index in [1.807, 2.05) is 18.2 Å². The van der Waals surface area contributed by atoms with E-state index in [0.29, 0.717) is 5.92 Å². The summed E-state index contributed by atoms with van der Waals surface area (Å²) in [6.45, 7) is 14.7. The van der Waals surface area contributed by atoms with Crippen molar-refractivity contribution in [2.75, 3.05) is 4.90 Å². The molecule has 1 aromatic heterocycles. The molecule has 2 aliphatic rings. The molecule has 0 saturated heterocycles. The van der Waals surface area contributed by atoms with Gasteiger partial charge in [-0.15, -0.1) is 6.42 Å². The molecule has 82 heavy (non-hydrogen) atoms. The zero-order valence-corrected chi connectivity index (χ0v) is 46.7. The third-order valence-electron chi connectivity index (χ3n) is 17.1. The number of fused-ring (bicyclic) bond motifs is 6. The Morgan fingerprint density at radius 1 is 0.561 bits per heavy atom. The van der Waals surface area contributed by atoms with Gasteiger partial charge in [0.1, 0.15) is 0 Å². The number of nitrogens with zero attached hydrogens (tertiary/aromatic N) is 2. The maximum Gasteiger partial charge on any atom is 0.0714 e. The van der Waals surface area contributed by atoms with Crippen molar-refractivity contribution in [3.8, 4) is 51.4 Å². The molecule has 1 heterocycles. The van der Waals surface area contributed by atoms with Crippen LogP contribution in [-0.4, -0.2) is 4.57 Å². The van der Waals surface area contributed by atoms with E-state index in [9.17, 15) is 0 Å². The minimum absolute atomic E-state index is 0.403. The number of aromatic nitrogens is 1. The van der Waals surface area contributed by atoms with Gasteiger partial charge in [-0.2, -0.15) is 0 Å². The number of terminal acetylenes is 1. The van der Waals surface area contributed by atoms with Crippen molar-refractivity contribution in [1.29, 1.82) is 0 Å². The molecule has 10 aromatic carbocycles. The van der Waals surface area contributed by atoms with Gasteiger partial charge in [0.05, 0.1) is 16.4 Å². The number of hydrogen-bond donors (Lipinski definition) is 0. The SMILES string of the molecule is C#C/C=C\C(=C/C)c1ccc(N(c2ccc(-c3ccc4c(c3)c3cc(C5=CC=C(C=C)C(C)C5)ccc3n4-c3cccc(-c4ccc(C)cc4)c3)cc2)c2ccc3c(c2)[C@](c2ccccc2)(c2ccc(C=C)cc2)c2ccccc2-3)cc1. The Labute approximate surface area is 483 Å². The largest absolute Gasteiger partial charge is 0.310 e. The van der Waals surface area contributed by atoms with Crippen LogP contribution in [0.4, 0.5) is 17.1 Å². The van der Waals surface area contributed by atoms with Gasteiger partial charge < -0.3 is 9.47 Å². The van der Waals surface area contributed by atoms with Gasteiger partial charge in [0.15, 0.2) is 0 Å². The average molecular weight is 1050 g/mol. The first-order chi connectivity index (χ1) is 40.3. The molecule has 0 amide bonds. The van der Waals surface area contributed by atoms with E-state index in [4.69, 9.17) is 6.42 Å². The maximum atomic E-state index is 5.68. The number of allylic oxidation sites excluding steroid dienone is 9. The first-order valence-corrected chi connectivity index (χ1v) is 28.4. The lowest BCUT2D eigenvalue weighted by Crippen LogP contribution is -2.28. The highest BCUT2D eigenvalue weighted by Gasteiger charge is 2.46. The molecule has 0 saturated carbocycles. The molecule has 13 rings (SSSR count). The Morgan fingerprint density at radius 3 is 1.85 bits per heavy atom. The van der Waals surface area contributed by atoms with Crippen LogP contribution < -0.4 is 4.90 Å². The van der Waals surface area contributed by atoms with Gasteiger partial charge in [0.25, 0.3) is 0 Å². The minimum Gasteiger partial charge on any atom is -0.310 e. The van der Waals surface area contributed by atoms with E-state index in [-0.39, 0.29) is 0 Å². The van der Waals surface area contributed by atoms with Crippen molar-refractivity contribution < 1.29 is 0 Å². The van der Waals surface area contributed by atoms with Crippen molar-refractivity contribution in [3.63, 3.8) is 0 Å². The number of benzene rings is 10. The van der Waals surface area contributed by atoms with Crippen LogP contribution in [0.15, 0.2) is 286 Å². The van der Waals surface area contributed by atoms with Gasteiger partial charge in [0, 0.05) is 33.5 Å². The van der Waals surface area contributed by atoms with E-state index < -0.39 is 5.41 Å². The van der Waals surface area contributed by atoms with Crippen LogP contribution in [0.5, 0.6) is 0 Å². The number of rotatable bonds is 13. The predicted molar refractivity (Wildman–Crippen MR) is 350 cm³/mol. The molecular formula is C80H62N2. The summed E-state index contributed by atoms with van der Waals surface area (Å²) >= 11 is 0. The zero-order chi connectivity index (χ0) is 55.9. The lowest BCUT2D eigenvalue weighted by atomic mass is 9.67. The topological polar surface area (TPSA) is 8.17 Å². The van der Waals surface area contributed by atoms with Crippen LogP contribution in [0.25, 0.3) is 78.1 Å². The Morgan fingerprint density at radius 2 is 1.17 bits per heavy atom. The van der Waals surface area contributed by atoms with Gasteiger partial charge in [0.2, 0.25) is 0 Å². The van der Waals surface area contributed by atoms with E-state index >= 15 is 0 Å². The summed E-state index contributed by atoms with van der Waals surface area (Å²) in [5.74, 6) is 3.07. The van der Waals surface area contributed by atoms with E-state index in [0.717, 1.165) is 57.0 Å². The Bertz CT molecular complexity index is 4460. The summed E-state index contributed by atoms with van der Waals surface area (Å²) in [5.41, 5.74) is 26.5. The molecule has 2 aliphatic carbocycles. The molecule has 2 nitrogen and oxygen atoms in total. The Hall–Kier alpha value is -10.2. The van der Waals surface area contributed by atoms with Gasteiger partial charge in [-0.1, -0.05) is 220 Å². The fourth-order valence-corrected chi connectivity index (χ4v) is 12.9. The molecule has 0 N–H and O–H groups in total. The van der Waals surface area contributed by atoms with Crippen LogP contribution in [0.3, 0.4) is 0 Å². The molecule has 0 radical (unpaired) electrons. The van der Waals surface area contributed by atoms with Gasteiger partial charge in [-0.05, 0) is 200 Å². The van der Waals surface area contributed by atoms with Gasteiger partial charge in [-0.3, -0.25) is 0 Å². The average Bonchev–Trinajstić information content (AvgIpc) is 1.89. The fourth-order valence-electron chi connectivity index (χ4n) is 12.9. The molecule has 392 valence electrons. The smallest absolute Gasteiger partial charge is 0.0714 e. The molecule has 1 unspecified atom stereocenters. The summed E-state index contributed by atoms with van der Waals surface area (Å²) in [7, 11) is 0. The number of aryl methyl sites for hydroxylation is 1. The predicted octanol–water partition coefficient (Wildman–Crippen LogP) is 21.0. The number of hydrogen-bond acceptors (Lipinski definition) is 1. The van der Waals surface area contributed by atoms with Crippen LogP contribution in [0.2, 0.25) is 0 Å². The quantitative estimate of drug-likeness (QED) is 0.0825. The second kappa shape index (κ2) is 21.5. The van der Waals surface area contributed by atoms with Crippen molar-refractivity contribution in [2.45, 2.75) is 32.6 Å². The lowest BCUT2D eigenvalue weighted by Gasteiger charge is -2.35. The lowest BCUT2D eigenvalue weighted by molar-refractivity contribution is 0.716. The normalized spacial score (nSPS) is 15.6. The highest BCUT2D eigenvalue weighted by atomic mass is 15.1. The van der Waals surface area contributed by atoms with Crippen LogP contribution in [0, 0.1) is 25.2 Å². The first-order valence-electron chi connectivity index (χ1n) is 28.4. The summed E-state index contributed by atoms with van der Waals surface area (Å²) in [4.78, 5) is 2.40. The van der Waals surface area contributed by atoms with E-state index in [2.05, 4.69) is 298 Å². The first kappa shape index (κ1) is 51.3.